The Morgan fingerprint density at radius 1 is 1.00 bits per heavy atom. The van der Waals surface area contributed by atoms with Gasteiger partial charge in [0.2, 0.25) is 5.91 Å². The minimum Gasteiger partial charge on any atom is -0.323 e. The Bertz CT molecular complexity index is 897. The van der Waals surface area contributed by atoms with Gasteiger partial charge in [-0.3, -0.25) is 9.59 Å². The van der Waals surface area contributed by atoms with E-state index in [1.807, 2.05) is 0 Å². The molecular formula is C14H7Cl4F3N2O2. The summed E-state index contributed by atoms with van der Waals surface area (Å²) in [6.45, 7) is -0.709. The summed E-state index contributed by atoms with van der Waals surface area (Å²) in [5.41, 5.74) is -2.00. The molecule has 4 nitrogen and oxygen atoms in total. The number of amides is 1. The minimum absolute atomic E-state index is 0.0668. The van der Waals surface area contributed by atoms with E-state index in [-0.39, 0.29) is 20.8 Å². The Morgan fingerprint density at radius 3 is 2.20 bits per heavy atom. The number of nitrogens with one attached hydrogen (secondary N) is 1. The number of nitrogens with zero attached hydrogens (tertiary/aromatic N) is 1. The van der Waals surface area contributed by atoms with Crippen LogP contribution in [0.5, 0.6) is 0 Å². The number of carbonyl (C=O) groups excluding carboxylic acids is 1. The molecule has 1 N–H and O–H groups in total. The number of hydrogen-bond acceptors (Lipinski definition) is 2. The highest BCUT2D eigenvalue weighted by atomic mass is 35.5. The zero-order valence-corrected chi connectivity index (χ0v) is 14.9. The van der Waals surface area contributed by atoms with E-state index in [2.05, 4.69) is 5.32 Å². The average Bonchev–Trinajstić information content (AvgIpc) is 2.48. The first-order valence-corrected chi connectivity index (χ1v) is 7.92. The van der Waals surface area contributed by atoms with Gasteiger partial charge >= 0.3 is 6.18 Å². The summed E-state index contributed by atoms with van der Waals surface area (Å²) in [7, 11) is 0. The van der Waals surface area contributed by atoms with Gasteiger partial charge < -0.3 is 9.88 Å². The van der Waals surface area contributed by atoms with Crippen molar-refractivity contribution in [3.05, 3.63) is 60.4 Å². The molecule has 0 spiro atoms. The molecule has 0 saturated carbocycles. The van der Waals surface area contributed by atoms with Crippen LogP contribution in [0.3, 0.4) is 0 Å². The third-order valence-corrected chi connectivity index (χ3v) is 4.27. The molecular weight excluding hydrogens is 427 g/mol. The molecule has 2 rings (SSSR count). The Hall–Kier alpha value is -1.41. The fraction of sp³-hybridized carbons (Fsp3) is 0.143. The maximum absolute atomic E-state index is 12.8. The number of aromatic nitrogens is 1. The summed E-state index contributed by atoms with van der Waals surface area (Å²) in [5, 5.41) is 2.01. The normalized spacial score (nSPS) is 11.5. The van der Waals surface area contributed by atoms with Crippen molar-refractivity contribution in [2.24, 2.45) is 0 Å². The van der Waals surface area contributed by atoms with E-state index in [1.165, 1.54) is 12.1 Å². The first-order chi connectivity index (χ1) is 11.5. The second-order valence-electron chi connectivity index (χ2n) is 4.80. The number of halogens is 7. The predicted octanol–water partition coefficient (Wildman–Crippen LogP) is 5.12. The van der Waals surface area contributed by atoms with Crippen LogP contribution < -0.4 is 10.9 Å². The fourth-order valence-corrected chi connectivity index (χ4v) is 2.65. The molecule has 0 saturated heterocycles. The highest BCUT2D eigenvalue weighted by Crippen LogP contribution is 2.32. The summed E-state index contributed by atoms with van der Waals surface area (Å²) in [6, 6.07) is 3.05. The summed E-state index contributed by atoms with van der Waals surface area (Å²) < 4.78 is 38.9. The van der Waals surface area contributed by atoms with Crippen molar-refractivity contribution in [1.82, 2.24) is 4.57 Å². The van der Waals surface area contributed by atoms with Crippen molar-refractivity contribution >= 4 is 58.0 Å². The van der Waals surface area contributed by atoms with Gasteiger partial charge in [-0.25, -0.2) is 0 Å². The molecule has 0 atom stereocenters. The van der Waals surface area contributed by atoms with E-state index < -0.39 is 34.8 Å². The lowest BCUT2D eigenvalue weighted by Gasteiger charge is -2.13. The number of anilines is 1. The van der Waals surface area contributed by atoms with Crippen molar-refractivity contribution in [3.8, 4) is 0 Å². The second-order valence-corrected chi connectivity index (χ2v) is 6.43. The Balaban J connectivity index is 2.28. The number of carbonyl (C=O) groups is 1. The number of alkyl halides is 3. The number of rotatable bonds is 3. The van der Waals surface area contributed by atoms with E-state index >= 15 is 0 Å². The van der Waals surface area contributed by atoms with Crippen LogP contribution >= 0.6 is 46.4 Å². The molecule has 25 heavy (non-hydrogen) atoms. The third kappa shape index (κ3) is 4.82. The Kier molecular flexibility index (Phi) is 5.93. The van der Waals surface area contributed by atoms with Crippen LogP contribution in [0.1, 0.15) is 5.56 Å². The van der Waals surface area contributed by atoms with Crippen molar-refractivity contribution in [2.45, 2.75) is 12.7 Å². The van der Waals surface area contributed by atoms with Gasteiger partial charge in [0, 0.05) is 6.20 Å². The van der Waals surface area contributed by atoms with Gasteiger partial charge in [0.25, 0.3) is 5.56 Å². The van der Waals surface area contributed by atoms with Crippen LogP contribution in [-0.2, 0) is 17.5 Å². The quantitative estimate of drug-likeness (QED) is 0.683. The molecule has 1 aromatic heterocycles. The lowest BCUT2D eigenvalue weighted by molar-refractivity contribution is -0.138. The lowest BCUT2D eigenvalue weighted by Crippen LogP contribution is -2.29. The summed E-state index contributed by atoms with van der Waals surface area (Å²) in [6.07, 6.45) is -4.22. The van der Waals surface area contributed by atoms with Gasteiger partial charge in [-0.15, -0.1) is 0 Å². The standard InChI is InChI=1S/C14H7Cl4F3N2O2/c15-7-2-9(17)11(3-8(7)16)22-12(24)5-23-4-6(14(19,20)21)1-10(18)13(23)25/h1-4H,5H2,(H,22,24). The molecule has 0 unspecified atom stereocenters. The largest absolute Gasteiger partial charge is 0.417 e. The summed E-state index contributed by atoms with van der Waals surface area (Å²) >= 11 is 23.0. The molecule has 134 valence electrons. The molecule has 0 radical (unpaired) electrons. The topological polar surface area (TPSA) is 51.1 Å². The molecule has 0 bridgehead atoms. The lowest BCUT2D eigenvalue weighted by atomic mass is 10.2. The molecule has 1 amide bonds. The van der Waals surface area contributed by atoms with Gasteiger partial charge in [0.1, 0.15) is 11.6 Å². The zero-order valence-electron chi connectivity index (χ0n) is 11.9. The highest BCUT2D eigenvalue weighted by molar-refractivity contribution is 6.44. The van der Waals surface area contributed by atoms with Crippen LogP contribution in [-0.4, -0.2) is 10.5 Å². The van der Waals surface area contributed by atoms with Crippen molar-refractivity contribution in [1.29, 1.82) is 0 Å². The molecule has 2 aromatic rings. The molecule has 0 aliphatic carbocycles. The van der Waals surface area contributed by atoms with E-state index in [0.29, 0.717) is 16.8 Å². The predicted molar refractivity (Wildman–Crippen MR) is 90.8 cm³/mol. The Labute approximate surface area is 159 Å². The molecule has 11 heteroatoms. The highest BCUT2D eigenvalue weighted by Gasteiger charge is 2.32. The molecule has 0 aliphatic rings. The third-order valence-electron chi connectivity index (χ3n) is 2.97. The van der Waals surface area contributed by atoms with Crippen molar-refractivity contribution in [2.75, 3.05) is 5.32 Å². The average molecular weight is 434 g/mol. The van der Waals surface area contributed by atoms with Crippen LogP contribution in [0, 0.1) is 0 Å². The molecule has 1 aromatic carbocycles. The maximum atomic E-state index is 12.8. The first-order valence-electron chi connectivity index (χ1n) is 6.40. The number of benzene rings is 1. The number of hydrogen-bond donors (Lipinski definition) is 1. The Morgan fingerprint density at radius 2 is 1.60 bits per heavy atom. The zero-order chi connectivity index (χ0) is 18.9. The van der Waals surface area contributed by atoms with E-state index in [4.69, 9.17) is 46.4 Å². The van der Waals surface area contributed by atoms with E-state index in [1.54, 1.807) is 0 Å². The summed E-state index contributed by atoms with van der Waals surface area (Å²) in [5.74, 6) is -0.808. The van der Waals surface area contributed by atoms with Crippen molar-refractivity contribution in [3.63, 3.8) is 0 Å². The minimum atomic E-state index is -4.72. The monoisotopic (exact) mass is 432 g/mol. The van der Waals surface area contributed by atoms with E-state index in [9.17, 15) is 22.8 Å². The van der Waals surface area contributed by atoms with Crippen LogP contribution in [0.2, 0.25) is 20.1 Å². The maximum Gasteiger partial charge on any atom is 0.417 e. The van der Waals surface area contributed by atoms with Gasteiger partial charge in [-0.1, -0.05) is 46.4 Å². The van der Waals surface area contributed by atoms with Crippen LogP contribution in [0.25, 0.3) is 0 Å². The van der Waals surface area contributed by atoms with Gasteiger partial charge in [0.15, 0.2) is 0 Å². The second kappa shape index (κ2) is 7.45. The van der Waals surface area contributed by atoms with Gasteiger partial charge in [-0.2, -0.15) is 13.2 Å². The summed E-state index contributed by atoms with van der Waals surface area (Å²) in [4.78, 5) is 23.8. The van der Waals surface area contributed by atoms with Gasteiger partial charge in [0.05, 0.1) is 26.3 Å². The first kappa shape index (κ1) is 19.9. The van der Waals surface area contributed by atoms with Crippen molar-refractivity contribution < 1.29 is 18.0 Å². The van der Waals surface area contributed by atoms with Crippen LogP contribution in [0.15, 0.2) is 29.2 Å². The van der Waals surface area contributed by atoms with Crippen LogP contribution in [0.4, 0.5) is 18.9 Å². The molecule has 0 aliphatic heterocycles. The molecule has 1 heterocycles. The molecule has 0 fully saturated rings. The van der Waals surface area contributed by atoms with E-state index in [0.717, 1.165) is 0 Å². The fourth-order valence-electron chi connectivity index (χ4n) is 1.83. The number of pyridine rings is 1. The smallest absolute Gasteiger partial charge is 0.323 e. The van der Waals surface area contributed by atoms with Gasteiger partial charge in [-0.05, 0) is 18.2 Å². The SMILES string of the molecule is O=C(Cn1cc(C(F)(F)F)cc(Cl)c1=O)Nc1cc(Cl)c(Cl)cc1Cl.